The summed E-state index contributed by atoms with van der Waals surface area (Å²) in [6.45, 7) is 20.7. The summed E-state index contributed by atoms with van der Waals surface area (Å²) in [5.41, 5.74) is 6.65. The van der Waals surface area contributed by atoms with Gasteiger partial charge in [0, 0.05) is 38.6 Å². The Labute approximate surface area is 249 Å². The second-order valence-electron chi connectivity index (χ2n) is 12.7. The van der Waals surface area contributed by atoms with Crippen LogP contribution >= 0.6 is 0 Å². The molecule has 0 saturated heterocycles. The number of imide groups is 2. The molecule has 2 heterocycles. The van der Waals surface area contributed by atoms with E-state index in [1.165, 1.54) is 15.4 Å². The van der Waals surface area contributed by atoms with Crippen molar-refractivity contribution in [2.75, 3.05) is 4.90 Å². The summed E-state index contributed by atoms with van der Waals surface area (Å²) >= 11 is 0. The molecule has 4 amide bonds. The molecule has 0 aromatic heterocycles. The molecule has 6 nitrogen and oxygen atoms in total. The molecule has 0 saturated carbocycles. The Morgan fingerprint density at radius 3 is 1.24 bits per heavy atom. The summed E-state index contributed by atoms with van der Waals surface area (Å²) in [7, 11) is 0. The van der Waals surface area contributed by atoms with Gasteiger partial charge in [-0.25, -0.2) is 4.90 Å². The molecule has 2 aliphatic rings. The second-order valence-corrected chi connectivity index (χ2v) is 12.7. The first kappa shape index (κ1) is 29.7. The molecule has 0 spiro atoms. The van der Waals surface area contributed by atoms with Gasteiger partial charge in [-0.2, -0.15) is 0 Å². The topological polar surface area (TPSA) is 74.8 Å². The zero-order valence-electron chi connectivity index (χ0n) is 26.7. The number of rotatable bonds is 7. The highest BCUT2D eigenvalue weighted by molar-refractivity contribution is 6.39. The van der Waals surface area contributed by atoms with E-state index in [4.69, 9.17) is 0 Å². The first-order chi connectivity index (χ1) is 19.7. The molecular formula is C36H42N2O4. The molecule has 2 aliphatic heterocycles. The number of benzene rings is 3. The van der Waals surface area contributed by atoms with Crippen molar-refractivity contribution in [3.05, 3.63) is 74.3 Å². The van der Waals surface area contributed by atoms with Crippen LogP contribution in [0.25, 0.3) is 10.8 Å². The Morgan fingerprint density at radius 1 is 0.548 bits per heavy atom. The van der Waals surface area contributed by atoms with Crippen LogP contribution in [0.4, 0.5) is 5.69 Å². The lowest BCUT2D eigenvalue weighted by Gasteiger charge is -2.41. The van der Waals surface area contributed by atoms with E-state index >= 15 is 0 Å². The standard InChI is InChI=1S/C36H42N2O4/c1-11-35(9,12-2)29-19(5)21(7)30(22(8)20(29)6)37-31(39)23-15-17-25-28-26(18-16-24(27(23)28)32(37)40)34(42)38(33(25)41)36(10,13-3)14-4/h15-18H,11-14H2,1-10H3. The van der Waals surface area contributed by atoms with Gasteiger partial charge in [-0.15, -0.1) is 0 Å². The third kappa shape index (κ3) is 3.69. The maximum absolute atomic E-state index is 14.3. The van der Waals surface area contributed by atoms with Crippen molar-refractivity contribution in [2.45, 2.75) is 106 Å². The van der Waals surface area contributed by atoms with Gasteiger partial charge in [-0.1, -0.05) is 34.6 Å². The number of carbonyl (C=O) groups is 4. The van der Waals surface area contributed by atoms with Crippen LogP contribution < -0.4 is 4.90 Å². The van der Waals surface area contributed by atoms with Gasteiger partial charge in [0.1, 0.15) is 0 Å². The Bertz CT molecular complexity index is 1620. The normalized spacial score (nSPS) is 15.4. The van der Waals surface area contributed by atoms with E-state index < -0.39 is 17.4 Å². The molecular weight excluding hydrogens is 524 g/mol. The highest BCUT2D eigenvalue weighted by atomic mass is 16.2. The fourth-order valence-electron chi connectivity index (χ4n) is 7.27. The van der Waals surface area contributed by atoms with E-state index in [1.54, 1.807) is 24.3 Å². The van der Waals surface area contributed by atoms with Crippen LogP contribution in [0.1, 0.15) is 136 Å². The first-order valence-corrected chi connectivity index (χ1v) is 15.2. The van der Waals surface area contributed by atoms with E-state index in [9.17, 15) is 19.2 Å². The fraction of sp³-hybridized carbons (Fsp3) is 0.444. The van der Waals surface area contributed by atoms with Crippen LogP contribution in [-0.4, -0.2) is 34.1 Å². The van der Waals surface area contributed by atoms with Crippen molar-refractivity contribution in [2.24, 2.45) is 0 Å². The van der Waals surface area contributed by atoms with E-state index in [1.807, 2.05) is 34.6 Å². The highest BCUT2D eigenvalue weighted by Gasteiger charge is 2.45. The predicted octanol–water partition coefficient (Wildman–Crippen LogP) is 8.13. The summed E-state index contributed by atoms with van der Waals surface area (Å²) in [6, 6.07) is 6.60. The predicted molar refractivity (Wildman–Crippen MR) is 168 cm³/mol. The largest absolute Gasteiger partial charge is 0.269 e. The zero-order valence-corrected chi connectivity index (χ0v) is 26.7. The van der Waals surface area contributed by atoms with Gasteiger partial charge < -0.3 is 0 Å². The number of anilines is 1. The van der Waals surface area contributed by atoms with E-state index in [0.717, 1.165) is 35.1 Å². The Morgan fingerprint density at radius 2 is 0.905 bits per heavy atom. The molecule has 6 heteroatoms. The average Bonchev–Trinajstić information content (AvgIpc) is 2.99. The monoisotopic (exact) mass is 566 g/mol. The van der Waals surface area contributed by atoms with Crippen molar-refractivity contribution in [3.63, 3.8) is 0 Å². The molecule has 220 valence electrons. The molecule has 42 heavy (non-hydrogen) atoms. The zero-order chi connectivity index (χ0) is 31.0. The van der Waals surface area contributed by atoms with Gasteiger partial charge in [0.15, 0.2) is 0 Å². The third-order valence-electron chi connectivity index (χ3n) is 10.9. The fourth-order valence-corrected chi connectivity index (χ4v) is 7.27. The molecule has 0 atom stereocenters. The van der Waals surface area contributed by atoms with Crippen LogP contribution in [0.15, 0.2) is 24.3 Å². The average molecular weight is 567 g/mol. The van der Waals surface area contributed by atoms with Crippen molar-refractivity contribution < 1.29 is 19.2 Å². The van der Waals surface area contributed by atoms with E-state index in [-0.39, 0.29) is 17.2 Å². The van der Waals surface area contributed by atoms with Crippen LogP contribution in [-0.2, 0) is 5.41 Å². The number of hydrogen-bond acceptors (Lipinski definition) is 4. The van der Waals surface area contributed by atoms with E-state index in [2.05, 4.69) is 34.6 Å². The lowest BCUT2D eigenvalue weighted by molar-refractivity contribution is 0.0386. The Hall–Kier alpha value is -3.80. The Kier molecular flexibility index (Phi) is 6.99. The van der Waals surface area contributed by atoms with Crippen LogP contribution in [0, 0.1) is 27.7 Å². The smallest absolute Gasteiger partial charge is 0.266 e. The Balaban J connectivity index is 1.73. The molecule has 3 aromatic rings. The van der Waals surface area contributed by atoms with Crippen LogP contribution in [0.3, 0.4) is 0 Å². The summed E-state index contributed by atoms with van der Waals surface area (Å²) in [6.07, 6.45) is 3.20. The van der Waals surface area contributed by atoms with Gasteiger partial charge in [-0.3, -0.25) is 24.1 Å². The molecule has 0 N–H and O–H groups in total. The van der Waals surface area contributed by atoms with Crippen molar-refractivity contribution in [1.29, 1.82) is 0 Å². The molecule has 0 bridgehead atoms. The summed E-state index contributed by atoms with van der Waals surface area (Å²) in [5.74, 6) is -1.63. The van der Waals surface area contributed by atoms with Crippen molar-refractivity contribution in [3.8, 4) is 0 Å². The summed E-state index contributed by atoms with van der Waals surface area (Å²) in [4.78, 5) is 58.8. The second kappa shape index (κ2) is 9.89. The minimum Gasteiger partial charge on any atom is -0.269 e. The lowest BCUT2D eigenvalue weighted by Crippen LogP contribution is -2.54. The van der Waals surface area contributed by atoms with Gasteiger partial charge in [0.2, 0.25) is 0 Å². The summed E-state index contributed by atoms with van der Waals surface area (Å²) < 4.78 is 0. The maximum Gasteiger partial charge on any atom is 0.266 e. The van der Waals surface area contributed by atoms with E-state index in [0.29, 0.717) is 51.6 Å². The highest BCUT2D eigenvalue weighted by Crippen LogP contribution is 2.45. The number of amides is 4. The van der Waals surface area contributed by atoms with Gasteiger partial charge >= 0.3 is 0 Å². The number of hydrogen-bond donors (Lipinski definition) is 0. The SMILES string of the molecule is CCC(C)(CC)c1c(C)c(C)c(N2C(=O)c3ccc4c5c(ccc(c35)C2=O)C(=O)N(C(C)(CC)CC)C4=O)c(C)c1C. The van der Waals surface area contributed by atoms with Crippen LogP contribution in [0.2, 0.25) is 0 Å². The lowest BCUT2D eigenvalue weighted by atomic mass is 9.71. The first-order valence-electron chi connectivity index (χ1n) is 15.2. The third-order valence-corrected chi connectivity index (χ3v) is 10.9. The quantitative estimate of drug-likeness (QED) is 0.271. The maximum atomic E-state index is 14.3. The number of carbonyl (C=O) groups excluding carboxylic acids is 4. The molecule has 0 unspecified atom stereocenters. The minimum absolute atomic E-state index is 0.0184. The van der Waals surface area contributed by atoms with Crippen molar-refractivity contribution >= 4 is 40.1 Å². The molecule has 0 aliphatic carbocycles. The number of nitrogens with zero attached hydrogens (tertiary/aromatic N) is 2. The van der Waals surface area contributed by atoms with Gasteiger partial charge in [0.05, 0.1) is 5.69 Å². The molecule has 0 fully saturated rings. The molecule has 0 radical (unpaired) electrons. The van der Waals surface area contributed by atoms with Gasteiger partial charge in [-0.05, 0) is 118 Å². The molecule has 3 aromatic carbocycles. The minimum atomic E-state index is -0.641. The molecule has 5 rings (SSSR count). The van der Waals surface area contributed by atoms with Crippen molar-refractivity contribution in [1.82, 2.24) is 4.90 Å². The summed E-state index contributed by atoms with van der Waals surface area (Å²) in [5, 5.41) is 0.808. The van der Waals surface area contributed by atoms with Crippen LogP contribution in [0.5, 0.6) is 0 Å². The van der Waals surface area contributed by atoms with Gasteiger partial charge in [0.25, 0.3) is 23.6 Å².